The van der Waals surface area contributed by atoms with Crippen LogP contribution in [0.25, 0.3) is 0 Å². The van der Waals surface area contributed by atoms with Crippen LogP contribution in [0.15, 0.2) is 97.5 Å². The van der Waals surface area contributed by atoms with Crippen LogP contribution in [-0.4, -0.2) is 84.6 Å². The predicted molar refractivity (Wildman–Crippen MR) is 213 cm³/mol. The molecular formula is C41H48N7O10P. The van der Waals surface area contributed by atoms with Crippen molar-refractivity contribution in [1.82, 2.24) is 36.1 Å². The second-order valence-corrected chi connectivity index (χ2v) is 15.7. The van der Waals surface area contributed by atoms with Gasteiger partial charge < -0.3 is 40.4 Å². The predicted octanol–water partition coefficient (Wildman–Crippen LogP) is 3.18. The fourth-order valence-electron chi connectivity index (χ4n) is 7.37. The number of alkyl carbamates (subject to hydrolysis) is 1. The minimum absolute atomic E-state index is 0.0617. The second kappa shape index (κ2) is 20.1. The summed E-state index contributed by atoms with van der Waals surface area (Å²) >= 11 is 0. The molecule has 5 atom stereocenters. The molecule has 3 heterocycles. The van der Waals surface area contributed by atoms with Crippen LogP contribution in [0.3, 0.4) is 0 Å². The van der Waals surface area contributed by atoms with Crippen molar-refractivity contribution in [2.45, 2.75) is 94.7 Å². The van der Waals surface area contributed by atoms with Crippen LogP contribution in [0.1, 0.15) is 60.9 Å². The van der Waals surface area contributed by atoms with Gasteiger partial charge in [-0.1, -0.05) is 85.6 Å². The van der Waals surface area contributed by atoms with Crippen molar-refractivity contribution in [2.75, 3.05) is 0 Å². The molecule has 7 N–H and O–H groups in total. The molecule has 1 aromatic heterocycles. The summed E-state index contributed by atoms with van der Waals surface area (Å²) in [6.45, 7) is 0.192. The monoisotopic (exact) mass is 829 g/mol. The lowest BCUT2D eigenvalue weighted by molar-refractivity contribution is -0.145. The maximum Gasteiger partial charge on any atom is 0.524 e. The highest BCUT2D eigenvalue weighted by Gasteiger charge is 2.45. The summed E-state index contributed by atoms with van der Waals surface area (Å²) in [5.74, 6) is -2.11. The third kappa shape index (κ3) is 12.5. The van der Waals surface area contributed by atoms with E-state index in [1.165, 1.54) is 30.6 Å². The summed E-state index contributed by atoms with van der Waals surface area (Å²) < 4.78 is 21.3. The Hall–Kier alpha value is -6.03. The fraction of sp³-hybridized carbons (Fsp3) is 0.366. The molecular weight excluding hydrogens is 781 g/mol. The number of imidazole rings is 1. The van der Waals surface area contributed by atoms with Crippen LogP contribution in [-0.2, 0) is 54.5 Å². The minimum atomic E-state index is -4.81. The molecule has 0 spiro atoms. The number of nitrogens with one attached hydrogen (secondary N) is 5. The Balaban J connectivity index is 1.16. The number of nitrogens with zero attached hydrogens (tertiary/aromatic N) is 2. The number of H-pyrrole nitrogens is 1. The van der Waals surface area contributed by atoms with E-state index in [-0.39, 0.29) is 44.2 Å². The summed E-state index contributed by atoms with van der Waals surface area (Å²) in [5, 5.41) is 11.2. The zero-order chi connectivity index (χ0) is 41.8. The Labute approximate surface area is 340 Å². The Morgan fingerprint density at radius 3 is 2.17 bits per heavy atom. The van der Waals surface area contributed by atoms with E-state index in [1.807, 2.05) is 36.4 Å². The van der Waals surface area contributed by atoms with Crippen LogP contribution < -0.4 is 25.8 Å². The molecule has 0 bridgehead atoms. The fourth-order valence-corrected chi connectivity index (χ4v) is 7.77. The standard InChI is InChI=1S/C41H48N7O10P/c49-37(43-23-28-9-3-1-4-10-28)35(22-30-24-42-26-44-30)46-39(51)36-20-17-31-13-7-8-14-33(40(52)48(31)36)45-38(50)34(47-41(53)57-25-29-11-5-2-6-12-29)21-27-15-18-32(19-16-27)58-59(54,55)56/h1-6,9-12,15-16,18-19,24,26,31,33-36H,7-8,13-14,17,20-23,25H2,(H,42,44)(H,43,49)(H,45,50)(H,46,51)(H,47,53)(H2,54,55,56)/t31-,33-,34-,35-,36-/m0/s1. The van der Waals surface area contributed by atoms with E-state index in [1.54, 1.807) is 35.4 Å². The number of aromatic amines is 1. The summed E-state index contributed by atoms with van der Waals surface area (Å²) in [4.78, 5) is 96.0. The van der Waals surface area contributed by atoms with Crippen molar-refractivity contribution in [3.63, 3.8) is 0 Å². The molecule has 3 aromatic carbocycles. The Morgan fingerprint density at radius 1 is 0.814 bits per heavy atom. The van der Waals surface area contributed by atoms with Crippen molar-refractivity contribution in [3.8, 4) is 5.75 Å². The quantitative estimate of drug-likeness (QED) is 0.0810. The van der Waals surface area contributed by atoms with E-state index < -0.39 is 61.7 Å². The molecule has 17 nitrogen and oxygen atoms in total. The number of hydrogen-bond acceptors (Lipinski definition) is 9. The number of fused-ring (bicyclic) bond motifs is 1. The molecule has 0 saturated carbocycles. The molecule has 5 amide bonds. The maximum atomic E-state index is 14.4. The molecule has 2 aliphatic heterocycles. The van der Waals surface area contributed by atoms with E-state index in [9.17, 15) is 38.3 Å². The normalized spacial score (nSPS) is 18.9. The first kappa shape index (κ1) is 42.6. The number of amides is 5. The van der Waals surface area contributed by atoms with Gasteiger partial charge in [0.25, 0.3) is 0 Å². The van der Waals surface area contributed by atoms with Crippen LogP contribution in [0.2, 0.25) is 0 Å². The van der Waals surface area contributed by atoms with Crippen molar-refractivity contribution in [2.24, 2.45) is 0 Å². The van der Waals surface area contributed by atoms with Gasteiger partial charge in [-0.05, 0) is 54.5 Å². The Kier molecular flexibility index (Phi) is 14.5. The average Bonchev–Trinajstić information content (AvgIpc) is 3.90. The number of benzene rings is 3. The van der Waals surface area contributed by atoms with Crippen LogP contribution in [0.4, 0.5) is 4.79 Å². The smallest absolute Gasteiger partial charge is 0.445 e. The summed E-state index contributed by atoms with van der Waals surface area (Å²) in [6.07, 6.45) is 5.50. The van der Waals surface area contributed by atoms with Crippen molar-refractivity contribution < 1.29 is 47.6 Å². The number of aromatic nitrogens is 2. The summed E-state index contributed by atoms with van der Waals surface area (Å²) in [5.41, 5.74) is 2.75. The number of carbonyl (C=O) groups is 5. The van der Waals surface area contributed by atoms with E-state index in [4.69, 9.17) is 4.74 Å². The van der Waals surface area contributed by atoms with Gasteiger partial charge in [0.1, 0.15) is 36.5 Å². The lowest BCUT2D eigenvalue weighted by atomic mass is 9.98. The lowest BCUT2D eigenvalue weighted by Gasteiger charge is -2.36. The number of rotatable bonds is 16. The van der Waals surface area contributed by atoms with Gasteiger partial charge in [-0.3, -0.25) is 29.0 Å². The molecule has 0 radical (unpaired) electrons. The number of phosphoric ester groups is 1. The molecule has 4 aromatic rings. The van der Waals surface area contributed by atoms with Gasteiger partial charge in [0, 0.05) is 37.3 Å². The molecule has 18 heteroatoms. The average molecular weight is 830 g/mol. The highest BCUT2D eigenvalue weighted by molar-refractivity contribution is 7.46. The summed E-state index contributed by atoms with van der Waals surface area (Å²) in [6, 6.07) is 19.5. The summed E-state index contributed by atoms with van der Waals surface area (Å²) in [7, 11) is -4.81. The first-order valence-electron chi connectivity index (χ1n) is 19.4. The molecule has 0 unspecified atom stereocenters. The molecule has 0 aliphatic carbocycles. The number of phosphoric acid groups is 1. The van der Waals surface area contributed by atoms with Crippen molar-refractivity contribution >= 4 is 37.5 Å². The van der Waals surface area contributed by atoms with Crippen LogP contribution in [0, 0.1) is 0 Å². The van der Waals surface area contributed by atoms with Crippen LogP contribution in [0.5, 0.6) is 5.75 Å². The Morgan fingerprint density at radius 2 is 1.49 bits per heavy atom. The molecule has 312 valence electrons. The largest absolute Gasteiger partial charge is 0.524 e. The molecule has 2 saturated heterocycles. The van der Waals surface area contributed by atoms with E-state index >= 15 is 0 Å². The lowest BCUT2D eigenvalue weighted by Crippen LogP contribution is -2.60. The number of hydrogen-bond donors (Lipinski definition) is 7. The molecule has 2 fully saturated rings. The second-order valence-electron chi connectivity index (χ2n) is 14.6. The van der Waals surface area contributed by atoms with Gasteiger partial charge in [-0.15, -0.1) is 0 Å². The van der Waals surface area contributed by atoms with Gasteiger partial charge in [0.15, 0.2) is 0 Å². The van der Waals surface area contributed by atoms with Crippen LogP contribution >= 0.6 is 7.82 Å². The van der Waals surface area contributed by atoms with Gasteiger partial charge in [0.05, 0.1) is 6.33 Å². The van der Waals surface area contributed by atoms with Crippen molar-refractivity contribution in [3.05, 3.63) is 120 Å². The topological polar surface area (TPSA) is 241 Å². The van der Waals surface area contributed by atoms with Gasteiger partial charge >= 0.3 is 13.9 Å². The SMILES string of the molecule is O=C(N[C@@H](Cc1ccc(OP(=O)(O)O)cc1)C(=O)N[C@H]1CCCC[C@H]2CC[C@@H](C(=O)N[C@@H](Cc3cnc[nH]3)C(=O)NCc3ccccc3)N2C1=O)OCc1ccccc1. The zero-order valence-corrected chi connectivity index (χ0v) is 33.1. The maximum absolute atomic E-state index is 14.4. The first-order valence-corrected chi connectivity index (χ1v) is 21.0. The molecule has 59 heavy (non-hydrogen) atoms. The Bertz CT molecular complexity index is 2080. The molecule has 6 rings (SSSR count). The minimum Gasteiger partial charge on any atom is -0.445 e. The highest BCUT2D eigenvalue weighted by Crippen LogP contribution is 2.37. The van der Waals surface area contributed by atoms with Crippen molar-refractivity contribution in [1.29, 1.82) is 0 Å². The first-order chi connectivity index (χ1) is 28.4. The van der Waals surface area contributed by atoms with Gasteiger partial charge in [-0.2, -0.15) is 0 Å². The van der Waals surface area contributed by atoms with Gasteiger partial charge in [0.2, 0.25) is 23.6 Å². The van der Waals surface area contributed by atoms with E-state index in [0.29, 0.717) is 36.9 Å². The highest BCUT2D eigenvalue weighted by atomic mass is 31.2. The zero-order valence-electron chi connectivity index (χ0n) is 32.2. The third-order valence-electron chi connectivity index (χ3n) is 10.3. The van der Waals surface area contributed by atoms with E-state index in [2.05, 4.69) is 35.8 Å². The third-order valence-corrected chi connectivity index (χ3v) is 10.7. The molecule has 2 aliphatic rings. The number of carbonyl (C=O) groups excluding carboxylic acids is 5. The van der Waals surface area contributed by atoms with Gasteiger partial charge in [-0.25, -0.2) is 14.3 Å². The number of ether oxygens (including phenoxy) is 1. The van der Waals surface area contributed by atoms with E-state index in [0.717, 1.165) is 17.5 Å².